The number of amides is 2. The van der Waals surface area contributed by atoms with Crippen molar-refractivity contribution in [2.45, 2.75) is 5.92 Å². The maximum Gasteiger partial charge on any atom is 0.255 e. The van der Waals surface area contributed by atoms with Crippen LogP contribution in [0.2, 0.25) is 0 Å². The van der Waals surface area contributed by atoms with E-state index in [1.807, 2.05) is 42.5 Å². The number of hydrogen-bond acceptors (Lipinski definition) is 3. The van der Waals surface area contributed by atoms with Crippen molar-refractivity contribution in [3.8, 4) is 0 Å². The Labute approximate surface area is 147 Å². The molecule has 2 aromatic carbocycles. The predicted molar refractivity (Wildman–Crippen MR) is 96.9 cm³/mol. The summed E-state index contributed by atoms with van der Waals surface area (Å²) in [7, 11) is 2.11. The van der Waals surface area contributed by atoms with Crippen LogP contribution < -0.4 is 10.6 Å². The van der Waals surface area contributed by atoms with Crippen LogP contribution in [-0.2, 0) is 0 Å². The Bertz CT molecular complexity index is 819. The third-order valence-corrected chi connectivity index (χ3v) is 5.14. The number of carbonyl (C=O) groups excluding carboxylic acids is 2. The van der Waals surface area contributed by atoms with Crippen LogP contribution in [0.5, 0.6) is 0 Å². The third kappa shape index (κ3) is 3.03. The van der Waals surface area contributed by atoms with Crippen molar-refractivity contribution < 1.29 is 9.59 Å². The molecule has 0 radical (unpaired) electrons. The normalized spacial score (nSPS) is 22.5. The second-order valence-electron chi connectivity index (χ2n) is 6.92. The van der Waals surface area contributed by atoms with Crippen molar-refractivity contribution in [2.75, 3.05) is 32.0 Å². The zero-order valence-electron chi connectivity index (χ0n) is 14.2. The van der Waals surface area contributed by atoms with Crippen molar-refractivity contribution in [3.05, 3.63) is 65.2 Å². The Kier molecular flexibility index (Phi) is 4.01. The highest BCUT2D eigenvalue weighted by molar-refractivity contribution is 6.06. The van der Waals surface area contributed by atoms with Gasteiger partial charge < -0.3 is 15.5 Å². The molecule has 5 heteroatoms. The molecule has 1 saturated heterocycles. The largest absolute Gasteiger partial charge is 0.352 e. The maximum atomic E-state index is 12.5. The molecule has 0 unspecified atom stereocenters. The van der Waals surface area contributed by atoms with Gasteiger partial charge in [-0.2, -0.15) is 0 Å². The van der Waals surface area contributed by atoms with E-state index in [1.165, 1.54) is 0 Å². The maximum absolute atomic E-state index is 12.5. The molecular formula is C20H21N3O2. The topological polar surface area (TPSA) is 61.4 Å². The third-order valence-electron chi connectivity index (χ3n) is 5.14. The highest BCUT2D eigenvalue weighted by Gasteiger charge is 2.36. The first-order valence-electron chi connectivity index (χ1n) is 8.59. The minimum Gasteiger partial charge on any atom is -0.352 e. The van der Waals surface area contributed by atoms with Crippen LogP contribution in [0.4, 0.5) is 5.69 Å². The Hall–Kier alpha value is -2.66. The molecule has 25 heavy (non-hydrogen) atoms. The van der Waals surface area contributed by atoms with E-state index in [9.17, 15) is 9.59 Å². The molecule has 5 nitrogen and oxygen atoms in total. The molecule has 2 atom stereocenters. The number of carbonyl (C=O) groups is 2. The number of likely N-dealkylation sites (tertiary alicyclic amines) is 1. The molecule has 128 valence electrons. The summed E-state index contributed by atoms with van der Waals surface area (Å²) in [5.41, 5.74) is 2.93. The summed E-state index contributed by atoms with van der Waals surface area (Å²) < 4.78 is 0. The number of likely N-dealkylation sites (N-methyl/N-ethyl adjacent to an activating group) is 1. The number of fused-ring (bicyclic) bond motifs is 3. The van der Waals surface area contributed by atoms with Crippen LogP contribution in [0.1, 0.15) is 32.2 Å². The van der Waals surface area contributed by atoms with E-state index in [-0.39, 0.29) is 11.8 Å². The van der Waals surface area contributed by atoms with Gasteiger partial charge in [-0.1, -0.05) is 24.3 Å². The molecule has 2 aliphatic rings. The van der Waals surface area contributed by atoms with E-state index >= 15 is 0 Å². The van der Waals surface area contributed by atoms with E-state index in [0.29, 0.717) is 29.5 Å². The second-order valence-corrected chi connectivity index (χ2v) is 6.92. The molecule has 0 aliphatic carbocycles. The zero-order valence-corrected chi connectivity index (χ0v) is 14.2. The van der Waals surface area contributed by atoms with Gasteiger partial charge in [0.2, 0.25) is 0 Å². The van der Waals surface area contributed by atoms with Crippen molar-refractivity contribution >= 4 is 17.5 Å². The number of anilines is 1. The quantitative estimate of drug-likeness (QED) is 0.885. The van der Waals surface area contributed by atoms with E-state index in [2.05, 4.69) is 22.6 Å². The van der Waals surface area contributed by atoms with Crippen LogP contribution >= 0.6 is 0 Å². The lowest BCUT2D eigenvalue weighted by molar-refractivity contribution is 0.0951. The molecule has 4 rings (SSSR count). The molecule has 0 aromatic heterocycles. The molecule has 0 saturated carbocycles. The van der Waals surface area contributed by atoms with Gasteiger partial charge in [0.25, 0.3) is 11.8 Å². The summed E-state index contributed by atoms with van der Waals surface area (Å²) in [5.74, 6) is 0.483. The SMILES string of the molecule is CN1C[C@H]2CNC(=O)c3cc(C(=O)Nc4ccccc4)ccc3[C@@H]2C1. The van der Waals surface area contributed by atoms with Gasteiger partial charge >= 0.3 is 0 Å². The number of benzene rings is 2. The first-order valence-corrected chi connectivity index (χ1v) is 8.59. The minimum absolute atomic E-state index is 0.0820. The van der Waals surface area contributed by atoms with Gasteiger partial charge in [-0.3, -0.25) is 9.59 Å². The lowest BCUT2D eigenvalue weighted by Crippen LogP contribution is -2.29. The van der Waals surface area contributed by atoms with Crippen molar-refractivity contribution in [1.29, 1.82) is 0 Å². The van der Waals surface area contributed by atoms with Gasteiger partial charge in [0, 0.05) is 42.4 Å². The molecule has 1 fully saturated rings. The average Bonchev–Trinajstić information content (AvgIpc) is 2.95. The Morgan fingerprint density at radius 1 is 1.16 bits per heavy atom. The Morgan fingerprint density at radius 2 is 1.96 bits per heavy atom. The molecule has 2 amide bonds. The molecule has 2 aromatic rings. The van der Waals surface area contributed by atoms with Gasteiger partial charge in [0.1, 0.15) is 0 Å². The lowest BCUT2D eigenvalue weighted by Gasteiger charge is -2.16. The van der Waals surface area contributed by atoms with Crippen LogP contribution in [-0.4, -0.2) is 43.4 Å². The van der Waals surface area contributed by atoms with Crippen molar-refractivity contribution in [1.82, 2.24) is 10.2 Å². The van der Waals surface area contributed by atoms with Crippen LogP contribution in [0.3, 0.4) is 0 Å². The zero-order chi connectivity index (χ0) is 17.4. The van der Waals surface area contributed by atoms with E-state index < -0.39 is 0 Å². The number of nitrogens with zero attached hydrogens (tertiary/aromatic N) is 1. The fraction of sp³-hybridized carbons (Fsp3) is 0.300. The smallest absolute Gasteiger partial charge is 0.255 e. The number of para-hydroxylation sites is 1. The van der Waals surface area contributed by atoms with Crippen LogP contribution in [0.25, 0.3) is 0 Å². The van der Waals surface area contributed by atoms with Crippen LogP contribution in [0, 0.1) is 5.92 Å². The Morgan fingerprint density at radius 3 is 2.76 bits per heavy atom. The van der Waals surface area contributed by atoms with Gasteiger partial charge in [0.05, 0.1) is 0 Å². The fourth-order valence-electron chi connectivity index (χ4n) is 3.91. The minimum atomic E-state index is -0.203. The lowest BCUT2D eigenvalue weighted by atomic mass is 9.86. The van der Waals surface area contributed by atoms with Crippen LogP contribution in [0.15, 0.2) is 48.5 Å². The van der Waals surface area contributed by atoms with Gasteiger partial charge in [-0.05, 0) is 42.8 Å². The van der Waals surface area contributed by atoms with E-state index in [4.69, 9.17) is 0 Å². The van der Waals surface area contributed by atoms with E-state index in [0.717, 1.165) is 24.3 Å². The van der Waals surface area contributed by atoms with Gasteiger partial charge in [-0.25, -0.2) is 0 Å². The number of hydrogen-bond donors (Lipinski definition) is 2. The molecule has 2 aliphatic heterocycles. The first kappa shape index (κ1) is 15.8. The Balaban J connectivity index is 1.65. The van der Waals surface area contributed by atoms with Crippen molar-refractivity contribution in [3.63, 3.8) is 0 Å². The second kappa shape index (κ2) is 6.33. The van der Waals surface area contributed by atoms with Crippen molar-refractivity contribution in [2.24, 2.45) is 5.92 Å². The monoisotopic (exact) mass is 335 g/mol. The predicted octanol–water partition coefficient (Wildman–Crippen LogP) is 2.33. The summed E-state index contributed by atoms with van der Waals surface area (Å²) in [6.07, 6.45) is 0. The summed E-state index contributed by atoms with van der Waals surface area (Å²) >= 11 is 0. The summed E-state index contributed by atoms with van der Waals surface area (Å²) in [6, 6.07) is 14.8. The first-order chi connectivity index (χ1) is 12.1. The fourth-order valence-corrected chi connectivity index (χ4v) is 3.91. The molecule has 2 N–H and O–H groups in total. The van der Waals surface area contributed by atoms with Gasteiger partial charge in [0.15, 0.2) is 0 Å². The number of rotatable bonds is 2. The summed E-state index contributed by atoms with van der Waals surface area (Å²) in [5, 5.41) is 5.88. The highest BCUT2D eigenvalue weighted by Crippen LogP contribution is 2.35. The van der Waals surface area contributed by atoms with Gasteiger partial charge in [-0.15, -0.1) is 0 Å². The molecular weight excluding hydrogens is 314 g/mol. The molecule has 0 spiro atoms. The van der Waals surface area contributed by atoms with E-state index in [1.54, 1.807) is 6.07 Å². The highest BCUT2D eigenvalue weighted by atomic mass is 16.2. The molecule has 0 bridgehead atoms. The number of nitrogens with one attached hydrogen (secondary N) is 2. The average molecular weight is 335 g/mol. The summed E-state index contributed by atoms with van der Waals surface area (Å²) in [6.45, 7) is 2.62. The molecule has 2 heterocycles. The summed E-state index contributed by atoms with van der Waals surface area (Å²) in [4.78, 5) is 27.3. The standard InChI is InChI=1S/C20H21N3O2/c1-23-11-14-10-21-20(25)17-9-13(7-8-16(17)18(14)12-23)19(24)22-15-5-3-2-4-6-15/h2-9,14,18H,10-12H2,1H3,(H,21,25)(H,22,24)/t14-,18-/m1/s1.